The van der Waals surface area contributed by atoms with Gasteiger partial charge in [0.25, 0.3) is 0 Å². The Labute approximate surface area is 119 Å². The zero-order valence-electron chi connectivity index (χ0n) is 12.2. The molecule has 0 amide bonds. The van der Waals surface area contributed by atoms with Crippen molar-refractivity contribution in [1.29, 1.82) is 0 Å². The molecule has 0 radical (unpaired) electrons. The normalized spacial score (nSPS) is 41.3. The van der Waals surface area contributed by atoms with Crippen molar-refractivity contribution in [3.8, 4) is 0 Å². The maximum atomic E-state index is 11.9. The van der Waals surface area contributed by atoms with E-state index in [0.717, 1.165) is 25.7 Å². The lowest BCUT2D eigenvalue weighted by molar-refractivity contribution is -0.228. The van der Waals surface area contributed by atoms with Crippen molar-refractivity contribution in [2.75, 3.05) is 0 Å². The Kier molecular flexibility index (Phi) is 2.96. The van der Waals surface area contributed by atoms with Crippen LogP contribution in [-0.4, -0.2) is 23.1 Å². The van der Waals surface area contributed by atoms with Crippen LogP contribution >= 0.6 is 0 Å². The summed E-state index contributed by atoms with van der Waals surface area (Å²) in [5, 5.41) is 0. The molecule has 0 N–H and O–H groups in total. The van der Waals surface area contributed by atoms with E-state index in [4.69, 9.17) is 9.47 Å². The van der Waals surface area contributed by atoms with E-state index in [-0.39, 0.29) is 11.9 Å². The van der Waals surface area contributed by atoms with Gasteiger partial charge in [0.15, 0.2) is 0 Å². The molecule has 4 rings (SSSR count). The van der Waals surface area contributed by atoms with E-state index in [1.165, 1.54) is 13.3 Å². The fourth-order valence-corrected chi connectivity index (χ4v) is 4.92. The lowest BCUT2D eigenvalue weighted by atomic mass is 9.52. The first-order valence-corrected chi connectivity index (χ1v) is 7.40. The van der Waals surface area contributed by atoms with Crippen molar-refractivity contribution >= 4 is 11.9 Å². The van der Waals surface area contributed by atoms with Crippen LogP contribution in [0, 0.1) is 11.8 Å². The van der Waals surface area contributed by atoms with E-state index in [1.54, 1.807) is 6.92 Å². The molecule has 110 valence electrons. The van der Waals surface area contributed by atoms with E-state index in [2.05, 4.69) is 6.58 Å². The van der Waals surface area contributed by atoms with Crippen molar-refractivity contribution < 1.29 is 19.1 Å². The van der Waals surface area contributed by atoms with E-state index in [1.807, 2.05) is 0 Å². The highest BCUT2D eigenvalue weighted by atomic mass is 16.6. The van der Waals surface area contributed by atoms with Crippen molar-refractivity contribution in [3.63, 3.8) is 0 Å². The smallest absolute Gasteiger partial charge is 0.333 e. The molecule has 20 heavy (non-hydrogen) atoms. The van der Waals surface area contributed by atoms with Crippen LogP contribution in [0.25, 0.3) is 0 Å². The fraction of sp³-hybridized carbons (Fsp3) is 0.750. The quantitative estimate of drug-likeness (QED) is 0.588. The van der Waals surface area contributed by atoms with Gasteiger partial charge >= 0.3 is 11.9 Å². The third-order valence-electron chi connectivity index (χ3n) is 4.97. The first kappa shape index (κ1) is 13.7. The first-order chi connectivity index (χ1) is 9.31. The Bertz CT molecular complexity index is 465. The van der Waals surface area contributed by atoms with Gasteiger partial charge in [-0.05, 0) is 50.9 Å². The van der Waals surface area contributed by atoms with Gasteiger partial charge in [-0.1, -0.05) is 6.58 Å². The largest absolute Gasteiger partial charge is 0.459 e. The van der Waals surface area contributed by atoms with Gasteiger partial charge in [0.1, 0.15) is 11.2 Å². The highest BCUT2D eigenvalue weighted by Crippen LogP contribution is 2.60. The topological polar surface area (TPSA) is 52.6 Å². The van der Waals surface area contributed by atoms with Crippen LogP contribution in [0.15, 0.2) is 12.2 Å². The average molecular weight is 278 g/mol. The lowest BCUT2D eigenvalue weighted by Crippen LogP contribution is -2.61. The highest BCUT2D eigenvalue weighted by molar-refractivity contribution is 5.87. The number of hydrogen-bond acceptors (Lipinski definition) is 4. The second kappa shape index (κ2) is 4.34. The van der Waals surface area contributed by atoms with Crippen LogP contribution in [-0.2, 0) is 19.1 Å². The lowest BCUT2D eigenvalue weighted by Gasteiger charge is -2.60. The number of rotatable bonds is 3. The van der Waals surface area contributed by atoms with Gasteiger partial charge in [0.2, 0.25) is 0 Å². The van der Waals surface area contributed by atoms with Crippen molar-refractivity contribution in [1.82, 2.24) is 0 Å². The summed E-state index contributed by atoms with van der Waals surface area (Å²) in [5.41, 5.74) is -0.400. The number of carbonyl (C=O) groups is 2. The molecule has 2 unspecified atom stereocenters. The predicted molar refractivity (Wildman–Crippen MR) is 72.8 cm³/mol. The Hall–Kier alpha value is -1.32. The molecule has 4 aliphatic carbocycles. The van der Waals surface area contributed by atoms with Gasteiger partial charge in [0, 0.05) is 18.9 Å². The minimum atomic E-state index is -0.435. The van der Waals surface area contributed by atoms with Crippen molar-refractivity contribution in [2.24, 2.45) is 11.8 Å². The molecule has 0 aliphatic heterocycles. The van der Waals surface area contributed by atoms with Crippen LogP contribution in [0.3, 0.4) is 0 Å². The van der Waals surface area contributed by atoms with Crippen LogP contribution in [0.1, 0.15) is 52.4 Å². The van der Waals surface area contributed by atoms with Crippen LogP contribution in [0.5, 0.6) is 0 Å². The fourth-order valence-electron chi connectivity index (χ4n) is 4.92. The number of hydrogen-bond donors (Lipinski definition) is 0. The molecule has 0 heterocycles. The molecule has 4 bridgehead atoms. The van der Waals surface area contributed by atoms with Crippen LogP contribution in [0.4, 0.5) is 0 Å². The summed E-state index contributed by atoms with van der Waals surface area (Å²) in [5.74, 6) is 0.472. The van der Waals surface area contributed by atoms with Gasteiger partial charge in [-0.15, -0.1) is 0 Å². The summed E-state index contributed by atoms with van der Waals surface area (Å²) in [6.45, 7) is 6.79. The molecular formula is C16H22O4. The minimum Gasteiger partial charge on any atom is -0.459 e. The zero-order valence-corrected chi connectivity index (χ0v) is 12.2. The minimum absolute atomic E-state index is 0.228. The SMILES string of the molecule is C=C(C)C(=O)OC12CC3CC(CC(OC(C)=O)(C3)C1)C2. The molecule has 4 saturated carbocycles. The molecule has 0 aromatic heterocycles. The predicted octanol–water partition coefficient (Wildman–Crippen LogP) is 2.76. The van der Waals surface area contributed by atoms with Gasteiger partial charge < -0.3 is 9.47 Å². The van der Waals surface area contributed by atoms with E-state index >= 15 is 0 Å². The summed E-state index contributed by atoms with van der Waals surface area (Å²) >= 11 is 0. The monoisotopic (exact) mass is 278 g/mol. The van der Waals surface area contributed by atoms with Crippen LogP contribution < -0.4 is 0 Å². The Balaban J connectivity index is 1.85. The van der Waals surface area contributed by atoms with Gasteiger partial charge in [-0.25, -0.2) is 4.79 Å². The molecule has 4 fully saturated rings. The number of carbonyl (C=O) groups excluding carboxylic acids is 2. The maximum absolute atomic E-state index is 11.9. The first-order valence-electron chi connectivity index (χ1n) is 7.40. The maximum Gasteiger partial charge on any atom is 0.333 e. The van der Waals surface area contributed by atoms with Crippen molar-refractivity contribution in [3.05, 3.63) is 12.2 Å². The Morgan fingerprint density at radius 2 is 1.50 bits per heavy atom. The second-order valence-electron chi connectivity index (χ2n) is 7.09. The van der Waals surface area contributed by atoms with Gasteiger partial charge in [-0.2, -0.15) is 0 Å². The number of esters is 2. The number of ether oxygens (including phenoxy) is 2. The Morgan fingerprint density at radius 3 is 1.95 bits per heavy atom. The third-order valence-corrected chi connectivity index (χ3v) is 4.97. The summed E-state index contributed by atoms with van der Waals surface area (Å²) < 4.78 is 11.5. The standard InChI is InChI=1S/C16H22O4/c1-10(2)14(18)20-16-7-12-4-13(8-16)6-15(5-12,9-16)19-11(3)17/h12-13H,1,4-9H2,2-3H3. The summed E-state index contributed by atoms with van der Waals surface area (Å²) in [4.78, 5) is 23.3. The van der Waals surface area contributed by atoms with Crippen LogP contribution in [0.2, 0.25) is 0 Å². The van der Waals surface area contributed by atoms with E-state index in [0.29, 0.717) is 23.8 Å². The van der Waals surface area contributed by atoms with E-state index in [9.17, 15) is 9.59 Å². The molecule has 4 nitrogen and oxygen atoms in total. The average Bonchev–Trinajstić information content (AvgIpc) is 2.23. The molecule has 0 saturated heterocycles. The summed E-state index contributed by atoms with van der Waals surface area (Å²) in [7, 11) is 0. The second-order valence-corrected chi connectivity index (χ2v) is 7.09. The summed E-state index contributed by atoms with van der Waals surface area (Å²) in [6, 6.07) is 0. The van der Waals surface area contributed by atoms with Gasteiger partial charge in [0.05, 0.1) is 0 Å². The zero-order chi connectivity index (χ0) is 14.5. The van der Waals surface area contributed by atoms with Crippen molar-refractivity contribution in [2.45, 2.75) is 63.6 Å². The van der Waals surface area contributed by atoms with E-state index < -0.39 is 11.2 Å². The summed E-state index contributed by atoms with van der Waals surface area (Å²) in [6.07, 6.45) is 5.50. The molecular weight excluding hydrogens is 256 g/mol. The third kappa shape index (κ3) is 2.25. The highest BCUT2D eigenvalue weighted by Gasteiger charge is 2.61. The molecule has 4 aliphatic rings. The molecule has 0 spiro atoms. The molecule has 0 aromatic rings. The van der Waals surface area contributed by atoms with Gasteiger partial charge in [-0.3, -0.25) is 4.79 Å². The Morgan fingerprint density at radius 1 is 1.00 bits per heavy atom. The molecule has 2 atom stereocenters. The molecule has 0 aromatic carbocycles. The molecule has 4 heteroatoms.